The van der Waals surface area contributed by atoms with Crippen LogP contribution in [0.5, 0.6) is 5.75 Å². The Hall–Kier alpha value is -4.72. The zero-order chi connectivity index (χ0) is 51.2. The molecule has 6 heterocycles. The number of rotatable bonds is 18. The van der Waals surface area contributed by atoms with Crippen LogP contribution in [-0.2, 0) is 39.0 Å². The van der Waals surface area contributed by atoms with E-state index in [1.54, 1.807) is 40.1 Å². The molecule has 1 aromatic carbocycles. The lowest BCUT2D eigenvalue weighted by Crippen LogP contribution is -2.40. The molecule has 0 spiro atoms. The Labute approximate surface area is 418 Å². The second kappa shape index (κ2) is 22.8. The number of nitrogens with one attached hydrogen (secondary N) is 2. The van der Waals surface area contributed by atoms with Crippen LogP contribution in [0.4, 0.5) is 8.78 Å². The number of aromatic nitrogens is 8. The first-order valence-electron chi connectivity index (χ1n) is 23.6. The van der Waals surface area contributed by atoms with Crippen LogP contribution in [0.1, 0.15) is 75.1 Å². The van der Waals surface area contributed by atoms with E-state index in [2.05, 4.69) is 75.8 Å². The maximum Gasteiger partial charge on any atom is 0.387 e. The molecule has 382 valence electrons. The Morgan fingerprint density at radius 2 is 1.34 bits per heavy atom. The predicted molar refractivity (Wildman–Crippen MR) is 276 cm³/mol. The largest absolute Gasteiger partial charge is 0.435 e. The highest BCUT2D eigenvalue weighted by Crippen LogP contribution is 2.33. The van der Waals surface area contributed by atoms with Crippen molar-refractivity contribution in [1.82, 2.24) is 49.5 Å². The fourth-order valence-corrected chi connectivity index (χ4v) is 9.04. The molecule has 0 unspecified atom stereocenters. The second-order valence-corrected chi connectivity index (χ2v) is 33.9. The van der Waals surface area contributed by atoms with E-state index in [4.69, 9.17) is 38.8 Å². The van der Waals surface area contributed by atoms with Gasteiger partial charge in [-0.25, -0.2) is 19.9 Å². The predicted octanol–water partition coefficient (Wildman–Crippen LogP) is 10.1. The van der Waals surface area contributed by atoms with Gasteiger partial charge < -0.3 is 43.5 Å². The molecule has 0 saturated carbocycles. The number of fused-ring (bicyclic) bond motifs is 3. The summed E-state index contributed by atoms with van der Waals surface area (Å²) in [5.74, 6) is -0.459. The highest BCUT2D eigenvalue weighted by atomic mass is 79.9. The fourth-order valence-electron chi connectivity index (χ4n) is 7.25. The molecule has 0 radical (unpaired) electrons. The highest BCUT2D eigenvalue weighted by molar-refractivity contribution is 9.10. The number of aryl methyl sites for hydroxylation is 1. The number of halogens is 3. The summed E-state index contributed by atoms with van der Waals surface area (Å²) in [6.07, 6.45) is 7.73. The van der Waals surface area contributed by atoms with Gasteiger partial charge in [-0.05, 0) is 94.2 Å². The average molecular weight is 1070 g/mol. The van der Waals surface area contributed by atoms with Gasteiger partial charge in [0, 0.05) is 71.2 Å². The summed E-state index contributed by atoms with van der Waals surface area (Å²) in [6.45, 7) is 26.0. The molecule has 1 fully saturated rings. The van der Waals surface area contributed by atoms with Crippen molar-refractivity contribution in [3.63, 3.8) is 0 Å². The first-order valence-corrected chi connectivity index (χ1v) is 31.8. The van der Waals surface area contributed by atoms with Gasteiger partial charge in [0.2, 0.25) is 0 Å². The third-order valence-corrected chi connectivity index (χ3v) is 14.5. The minimum atomic E-state index is -2.98. The Kier molecular flexibility index (Phi) is 17.8. The Morgan fingerprint density at radius 3 is 1.86 bits per heavy atom. The maximum atomic E-state index is 13.4. The van der Waals surface area contributed by atoms with Crippen molar-refractivity contribution in [1.29, 1.82) is 0 Å². The molecule has 1 aliphatic rings. The number of hydrogen-bond donors (Lipinski definition) is 2. The van der Waals surface area contributed by atoms with E-state index in [-0.39, 0.29) is 36.1 Å². The van der Waals surface area contributed by atoms with Crippen molar-refractivity contribution >= 4 is 77.1 Å². The van der Waals surface area contributed by atoms with Crippen molar-refractivity contribution in [2.24, 2.45) is 0 Å². The molecule has 22 heteroatoms. The van der Waals surface area contributed by atoms with Crippen LogP contribution in [0, 0.1) is 0 Å². The maximum absolute atomic E-state index is 13.4. The Balaban J connectivity index is 0.000000272. The van der Waals surface area contributed by atoms with E-state index >= 15 is 0 Å². The fraction of sp³-hybridized carbons (Fsp3) is 0.562. The van der Waals surface area contributed by atoms with Crippen LogP contribution in [0.25, 0.3) is 44.6 Å². The minimum Gasteiger partial charge on any atom is -0.435 e. The summed E-state index contributed by atoms with van der Waals surface area (Å²) in [6, 6.07) is 6.79. The SMILES string of the molecule is CC(C)(C)NC(=O)c1cn(COCC[Si](C)(C)C)c2ncc(-c3nn(CCC4OCCCO4)c4ccc(OC(F)F)cc34)nc12.CC(C)(C)NC(=O)c1cn(COCC[Si](C)(C)C)c2ncc(Br)nc12. The molecule has 0 bridgehead atoms. The zero-order valence-electron chi connectivity index (χ0n) is 42.5. The van der Waals surface area contributed by atoms with E-state index < -0.39 is 28.3 Å². The molecular weight excluding hydrogens is 1000 g/mol. The zero-order valence-corrected chi connectivity index (χ0v) is 46.1. The number of hydrogen-bond acceptors (Lipinski definition) is 12. The molecule has 1 aliphatic heterocycles. The van der Waals surface area contributed by atoms with E-state index in [0.717, 1.165) is 18.5 Å². The summed E-state index contributed by atoms with van der Waals surface area (Å²) in [4.78, 5) is 44.5. The van der Waals surface area contributed by atoms with Gasteiger partial charge in [-0.3, -0.25) is 14.3 Å². The number of alkyl halides is 2. The van der Waals surface area contributed by atoms with Crippen LogP contribution in [0.15, 0.2) is 47.6 Å². The first kappa shape index (κ1) is 54.6. The summed E-state index contributed by atoms with van der Waals surface area (Å²) >= 11 is 3.33. The summed E-state index contributed by atoms with van der Waals surface area (Å²) in [7, 11) is -2.41. The summed E-state index contributed by atoms with van der Waals surface area (Å²) < 4.78 is 60.1. The molecular formula is C48H69BrF2N10O7Si2. The molecule has 0 atom stereocenters. The molecule has 2 N–H and O–H groups in total. The van der Waals surface area contributed by atoms with Crippen LogP contribution in [0.3, 0.4) is 0 Å². The van der Waals surface area contributed by atoms with Gasteiger partial charge in [-0.1, -0.05) is 39.3 Å². The molecule has 70 heavy (non-hydrogen) atoms. The lowest BCUT2D eigenvalue weighted by Gasteiger charge is -2.23. The normalized spacial score (nSPS) is 14.1. The monoisotopic (exact) mass is 1070 g/mol. The average Bonchev–Trinajstić information content (AvgIpc) is 3.92. The number of carbonyl (C=O) groups is 2. The number of amides is 2. The van der Waals surface area contributed by atoms with Crippen molar-refractivity contribution in [3.8, 4) is 17.1 Å². The number of nitrogens with zero attached hydrogens (tertiary/aromatic N) is 8. The topological polar surface area (TPSA) is 184 Å². The van der Waals surface area contributed by atoms with Gasteiger partial charge in [-0.15, -0.1) is 0 Å². The molecule has 5 aromatic heterocycles. The lowest BCUT2D eigenvalue weighted by molar-refractivity contribution is -0.182. The van der Waals surface area contributed by atoms with Gasteiger partial charge in [-0.2, -0.15) is 13.9 Å². The summed E-state index contributed by atoms with van der Waals surface area (Å²) in [5, 5.41) is 11.4. The molecule has 17 nitrogen and oxygen atoms in total. The molecule has 0 aliphatic carbocycles. The second-order valence-electron chi connectivity index (χ2n) is 21.9. The van der Waals surface area contributed by atoms with E-state index in [1.165, 1.54) is 12.1 Å². The van der Waals surface area contributed by atoms with Crippen molar-refractivity contribution in [2.75, 3.05) is 26.4 Å². The quantitative estimate of drug-likeness (QED) is 0.0615. The molecule has 1 saturated heterocycles. The van der Waals surface area contributed by atoms with Gasteiger partial charge in [0.1, 0.15) is 46.2 Å². The number of carbonyl (C=O) groups excluding carboxylic acids is 2. The first-order chi connectivity index (χ1) is 32.7. The van der Waals surface area contributed by atoms with Gasteiger partial charge in [0.15, 0.2) is 17.6 Å². The van der Waals surface area contributed by atoms with Crippen molar-refractivity contribution in [3.05, 3.63) is 58.7 Å². The molecule has 2 amide bonds. The van der Waals surface area contributed by atoms with Gasteiger partial charge in [0.05, 0.1) is 42.3 Å². The Morgan fingerprint density at radius 1 is 0.814 bits per heavy atom. The highest BCUT2D eigenvalue weighted by Gasteiger charge is 2.26. The van der Waals surface area contributed by atoms with Crippen molar-refractivity contribution < 1.29 is 42.1 Å². The van der Waals surface area contributed by atoms with Crippen LogP contribution < -0.4 is 15.4 Å². The molecule has 7 rings (SSSR count). The summed E-state index contributed by atoms with van der Waals surface area (Å²) in [5.41, 5.74) is 3.65. The van der Waals surface area contributed by atoms with Crippen LogP contribution in [-0.4, -0.2) is 117 Å². The van der Waals surface area contributed by atoms with Crippen molar-refractivity contribution in [2.45, 2.75) is 150 Å². The Bertz CT molecular complexity index is 2750. The van der Waals surface area contributed by atoms with Gasteiger partial charge >= 0.3 is 6.61 Å². The van der Waals surface area contributed by atoms with Crippen LogP contribution >= 0.6 is 15.9 Å². The van der Waals surface area contributed by atoms with E-state index in [1.807, 2.05) is 46.1 Å². The van der Waals surface area contributed by atoms with Crippen LogP contribution in [0.2, 0.25) is 51.4 Å². The number of ether oxygens (including phenoxy) is 5. The van der Waals surface area contributed by atoms with Gasteiger partial charge in [0.25, 0.3) is 11.8 Å². The standard InChI is InChI=1S/C31H42F2N6O5Si.C17H27BrN4O2Si/c1-31(2,3)36-29(40)22-18-38(19-41-14-15-45(4,5)6)28-27(22)35-23(17-34-28)26-21-16-20(44-30(32)33)8-9-24(21)39(37-26)11-10-25-42-12-7-13-43-25;1-17(2,3)21-16(23)12-10-22(11-24-7-8-25(4,5)6)15-14(12)20-13(18)9-19-15/h8-9,16-18,25,30H,7,10-15,19H2,1-6H3,(H,36,40);9-10H,7-8,11H2,1-6H3,(H,21,23). The minimum absolute atomic E-state index is 0.00171. The third-order valence-electron chi connectivity index (χ3n) is 10.7. The lowest BCUT2D eigenvalue weighted by atomic mass is 10.1. The molecule has 6 aromatic rings. The van der Waals surface area contributed by atoms with E-state index in [9.17, 15) is 18.4 Å². The van der Waals surface area contributed by atoms with E-state index in [0.29, 0.717) is 106 Å². The smallest absolute Gasteiger partial charge is 0.387 e. The number of benzene rings is 1. The third kappa shape index (κ3) is 15.6.